The first-order valence-electron chi connectivity index (χ1n) is 6.13. The zero-order valence-corrected chi connectivity index (χ0v) is 12.0. The number of hydrogen-bond acceptors (Lipinski definition) is 3. The minimum atomic E-state index is -0.331. The van der Waals surface area contributed by atoms with Gasteiger partial charge in [0.25, 0.3) is 5.91 Å². The lowest BCUT2D eigenvalue weighted by Gasteiger charge is -2.33. The normalized spacial score (nSPS) is 20.0. The predicted octanol–water partition coefficient (Wildman–Crippen LogP) is 1.60. The number of hydrogen-bond donors (Lipinski definition) is 2. The van der Waals surface area contributed by atoms with Gasteiger partial charge in [-0.2, -0.15) is 0 Å². The van der Waals surface area contributed by atoms with Gasteiger partial charge in [0.15, 0.2) is 0 Å². The minimum absolute atomic E-state index is 0.0552. The van der Waals surface area contributed by atoms with Gasteiger partial charge in [0, 0.05) is 18.3 Å². The highest BCUT2D eigenvalue weighted by atomic mass is 35.5. The Morgan fingerprint density at radius 1 is 1.50 bits per heavy atom. The quantitative estimate of drug-likeness (QED) is 0.604. The van der Waals surface area contributed by atoms with Crippen molar-refractivity contribution >= 4 is 17.5 Å². The molecule has 1 unspecified atom stereocenters. The van der Waals surface area contributed by atoms with Crippen LogP contribution in [0.5, 0.6) is 0 Å². The molecule has 0 spiro atoms. The Kier molecular flexibility index (Phi) is 5.23. The topological polar surface area (TPSA) is 52.6 Å². The van der Waals surface area contributed by atoms with E-state index in [2.05, 4.69) is 5.32 Å². The number of alkyl halides is 1. The zero-order chi connectivity index (χ0) is 13.9. The van der Waals surface area contributed by atoms with E-state index in [0.717, 1.165) is 0 Å². The Balaban J connectivity index is 3.00. The SMILES string of the molecule is CC(C)NC(=O)C1=CN(C(C)C)C(Cl)C=C1CO. The number of rotatable bonds is 4. The fourth-order valence-electron chi connectivity index (χ4n) is 1.76. The van der Waals surface area contributed by atoms with Gasteiger partial charge >= 0.3 is 0 Å². The fraction of sp³-hybridized carbons (Fsp3) is 0.615. The average Bonchev–Trinajstić information content (AvgIpc) is 2.26. The highest BCUT2D eigenvalue weighted by Gasteiger charge is 2.25. The number of nitrogens with one attached hydrogen (secondary N) is 1. The third kappa shape index (κ3) is 3.50. The van der Waals surface area contributed by atoms with Crippen molar-refractivity contribution in [3.05, 3.63) is 23.4 Å². The maximum atomic E-state index is 12.1. The van der Waals surface area contributed by atoms with Crippen molar-refractivity contribution in [3.8, 4) is 0 Å². The monoisotopic (exact) mass is 272 g/mol. The summed E-state index contributed by atoms with van der Waals surface area (Å²) < 4.78 is 0. The summed E-state index contributed by atoms with van der Waals surface area (Å²) in [4.78, 5) is 13.9. The van der Waals surface area contributed by atoms with E-state index in [1.165, 1.54) is 0 Å². The first kappa shape index (κ1) is 15.1. The lowest BCUT2D eigenvalue weighted by molar-refractivity contribution is -0.117. The summed E-state index contributed by atoms with van der Waals surface area (Å²) in [5, 5.41) is 12.1. The molecule has 18 heavy (non-hydrogen) atoms. The summed E-state index contributed by atoms with van der Waals surface area (Å²) in [6.45, 7) is 7.61. The van der Waals surface area contributed by atoms with Gasteiger partial charge in [-0.3, -0.25) is 4.79 Å². The molecule has 1 aliphatic rings. The number of aliphatic hydroxyl groups excluding tert-OH is 1. The van der Waals surface area contributed by atoms with Crippen LogP contribution >= 0.6 is 11.6 Å². The van der Waals surface area contributed by atoms with E-state index in [-0.39, 0.29) is 30.1 Å². The Morgan fingerprint density at radius 3 is 2.56 bits per heavy atom. The second-order valence-corrected chi connectivity index (χ2v) is 5.38. The molecule has 102 valence electrons. The largest absolute Gasteiger partial charge is 0.392 e. The van der Waals surface area contributed by atoms with E-state index in [0.29, 0.717) is 11.1 Å². The first-order chi connectivity index (χ1) is 8.36. The molecular weight excluding hydrogens is 252 g/mol. The van der Waals surface area contributed by atoms with Crippen LogP contribution in [-0.4, -0.2) is 40.1 Å². The number of aliphatic hydroxyl groups is 1. The van der Waals surface area contributed by atoms with E-state index in [9.17, 15) is 9.90 Å². The highest BCUT2D eigenvalue weighted by Crippen LogP contribution is 2.24. The van der Waals surface area contributed by atoms with Crippen LogP contribution < -0.4 is 5.32 Å². The van der Waals surface area contributed by atoms with Crippen molar-refractivity contribution in [2.45, 2.75) is 45.3 Å². The van der Waals surface area contributed by atoms with E-state index in [4.69, 9.17) is 11.6 Å². The average molecular weight is 273 g/mol. The lowest BCUT2D eigenvalue weighted by Crippen LogP contribution is -2.39. The smallest absolute Gasteiger partial charge is 0.253 e. The van der Waals surface area contributed by atoms with Crippen molar-refractivity contribution in [1.29, 1.82) is 0 Å². The summed E-state index contributed by atoms with van der Waals surface area (Å²) in [5.41, 5.74) is 0.726. The summed E-state index contributed by atoms with van der Waals surface area (Å²) >= 11 is 6.19. The summed E-state index contributed by atoms with van der Waals surface area (Å²) in [7, 11) is 0. The molecule has 5 heteroatoms. The molecule has 0 saturated heterocycles. The summed E-state index contributed by atoms with van der Waals surface area (Å²) in [5.74, 6) is -0.181. The summed E-state index contributed by atoms with van der Waals surface area (Å²) in [6, 6.07) is 0.241. The molecular formula is C13H21ClN2O2. The van der Waals surface area contributed by atoms with Crippen LogP contribution in [0.25, 0.3) is 0 Å². The highest BCUT2D eigenvalue weighted by molar-refractivity contribution is 6.22. The Bertz CT molecular complexity index is 375. The number of amides is 1. The molecule has 2 N–H and O–H groups in total. The standard InChI is InChI=1S/C13H21ClN2O2/c1-8(2)15-13(18)11-6-16(9(3)4)12(14)5-10(11)7-17/h5-6,8-9,12,17H,7H2,1-4H3,(H,15,18). The Morgan fingerprint density at radius 2 is 2.11 bits per heavy atom. The Hall–Kier alpha value is -1.00. The van der Waals surface area contributed by atoms with Crippen LogP contribution in [0.15, 0.2) is 23.4 Å². The van der Waals surface area contributed by atoms with Crippen molar-refractivity contribution in [3.63, 3.8) is 0 Å². The molecule has 0 saturated carbocycles. The fourth-order valence-corrected chi connectivity index (χ4v) is 2.20. The van der Waals surface area contributed by atoms with E-state index < -0.39 is 0 Å². The second kappa shape index (κ2) is 6.25. The van der Waals surface area contributed by atoms with Gasteiger partial charge in [0.2, 0.25) is 0 Å². The molecule has 1 rings (SSSR count). The predicted molar refractivity (Wildman–Crippen MR) is 73.1 cm³/mol. The lowest BCUT2D eigenvalue weighted by atomic mass is 10.0. The molecule has 1 amide bonds. The van der Waals surface area contributed by atoms with Gasteiger partial charge in [-0.05, 0) is 39.3 Å². The van der Waals surface area contributed by atoms with Gasteiger partial charge in [-0.15, -0.1) is 0 Å². The van der Waals surface area contributed by atoms with Crippen LogP contribution in [-0.2, 0) is 4.79 Å². The van der Waals surface area contributed by atoms with E-state index in [1.807, 2.05) is 32.6 Å². The van der Waals surface area contributed by atoms with Crippen molar-refractivity contribution < 1.29 is 9.90 Å². The molecule has 4 nitrogen and oxygen atoms in total. The number of carbonyl (C=O) groups is 1. The molecule has 1 heterocycles. The van der Waals surface area contributed by atoms with Crippen LogP contribution in [0.4, 0.5) is 0 Å². The van der Waals surface area contributed by atoms with Crippen LogP contribution in [0, 0.1) is 0 Å². The molecule has 1 aliphatic heterocycles. The molecule has 0 aromatic carbocycles. The number of carbonyl (C=O) groups excluding carboxylic acids is 1. The second-order valence-electron chi connectivity index (χ2n) is 4.93. The molecule has 0 bridgehead atoms. The Labute approximate surface area is 113 Å². The van der Waals surface area contributed by atoms with Gasteiger partial charge in [0.05, 0.1) is 12.2 Å². The van der Waals surface area contributed by atoms with Gasteiger partial charge in [-0.25, -0.2) is 0 Å². The van der Waals surface area contributed by atoms with Gasteiger partial charge < -0.3 is 15.3 Å². The molecule has 0 fully saturated rings. The van der Waals surface area contributed by atoms with Crippen molar-refractivity contribution in [2.24, 2.45) is 0 Å². The number of nitrogens with zero attached hydrogens (tertiary/aromatic N) is 1. The molecule has 1 atom stereocenters. The van der Waals surface area contributed by atoms with E-state index in [1.54, 1.807) is 12.3 Å². The molecule has 0 radical (unpaired) electrons. The molecule has 0 aliphatic carbocycles. The van der Waals surface area contributed by atoms with E-state index >= 15 is 0 Å². The van der Waals surface area contributed by atoms with Crippen LogP contribution in [0.1, 0.15) is 27.7 Å². The molecule has 0 aromatic rings. The van der Waals surface area contributed by atoms with Crippen molar-refractivity contribution in [1.82, 2.24) is 10.2 Å². The minimum Gasteiger partial charge on any atom is -0.392 e. The number of halogens is 1. The van der Waals surface area contributed by atoms with Gasteiger partial charge in [0.1, 0.15) is 5.50 Å². The summed E-state index contributed by atoms with van der Waals surface area (Å²) in [6.07, 6.45) is 3.45. The third-order valence-corrected chi connectivity index (χ3v) is 3.03. The first-order valence-corrected chi connectivity index (χ1v) is 6.56. The third-order valence-electron chi connectivity index (χ3n) is 2.68. The van der Waals surface area contributed by atoms with Crippen LogP contribution in [0.3, 0.4) is 0 Å². The molecule has 0 aromatic heterocycles. The zero-order valence-electron chi connectivity index (χ0n) is 11.3. The maximum Gasteiger partial charge on any atom is 0.253 e. The van der Waals surface area contributed by atoms with Gasteiger partial charge in [-0.1, -0.05) is 11.6 Å². The van der Waals surface area contributed by atoms with Crippen molar-refractivity contribution in [2.75, 3.05) is 6.61 Å². The van der Waals surface area contributed by atoms with Crippen LogP contribution in [0.2, 0.25) is 0 Å². The maximum absolute atomic E-state index is 12.1.